The van der Waals surface area contributed by atoms with E-state index in [4.69, 9.17) is 14.5 Å². The number of rotatable bonds is 7. The zero-order chi connectivity index (χ0) is 33.3. The lowest BCUT2D eigenvalue weighted by Crippen LogP contribution is -2.47. The fourth-order valence-corrected chi connectivity index (χ4v) is 6.74. The molecule has 2 atom stereocenters. The second-order valence-electron chi connectivity index (χ2n) is 12.3. The Balaban J connectivity index is 1.46. The van der Waals surface area contributed by atoms with Gasteiger partial charge in [0, 0.05) is 29.8 Å². The summed E-state index contributed by atoms with van der Waals surface area (Å²) in [5.74, 6) is 0.352. The predicted octanol–water partition coefficient (Wildman–Crippen LogP) is 4.78. The number of aryl methyl sites for hydroxylation is 2. The molecule has 2 aromatic carbocycles. The van der Waals surface area contributed by atoms with Crippen molar-refractivity contribution in [1.82, 2.24) is 24.8 Å². The molecule has 1 fully saturated rings. The average molecular weight is 658 g/mol. The first-order chi connectivity index (χ1) is 22.5. The predicted molar refractivity (Wildman–Crippen MR) is 178 cm³/mol. The molecule has 0 aliphatic carbocycles. The van der Waals surface area contributed by atoms with Crippen LogP contribution in [-0.2, 0) is 21.3 Å². The Kier molecular flexibility index (Phi) is 9.11. The summed E-state index contributed by atoms with van der Waals surface area (Å²) in [7, 11) is -4.18. The highest BCUT2D eigenvalue weighted by Gasteiger charge is 2.31. The van der Waals surface area contributed by atoms with Crippen molar-refractivity contribution in [2.75, 3.05) is 29.4 Å². The zero-order valence-corrected chi connectivity index (χ0v) is 28.0. The molecule has 0 saturated carbocycles. The van der Waals surface area contributed by atoms with Crippen LogP contribution in [0.2, 0.25) is 0 Å². The van der Waals surface area contributed by atoms with Crippen LogP contribution in [0, 0.1) is 13.8 Å². The van der Waals surface area contributed by atoms with Crippen molar-refractivity contribution in [1.29, 1.82) is 0 Å². The van der Waals surface area contributed by atoms with Gasteiger partial charge in [0.1, 0.15) is 12.4 Å². The number of benzene rings is 2. The number of sulfonamides is 1. The highest BCUT2D eigenvalue weighted by atomic mass is 32.2. The SMILES string of the molecule is Cc1cccc(C)c1-c1cc2nc(n1)NS(=O)(=O)c1cccc(c1)C(=O)N(Cc1cncc(N3CC[C@H]3C)n1)[C@H](COC(C)C)CO2. The third kappa shape index (κ3) is 7.05. The van der Waals surface area contributed by atoms with Gasteiger partial charge in [-0.25, -0.2) is 23.1 Å². The van der Waals surface area contributed by atoms with Crippen LogP contribution < -0.4 is 14.4 Å². The van der Waals surface area contributed by atoms with Crippen molar-refractivity contribution >= 4 is 27.7 Å². The number of carbonyl (C=O) groups is 1. The molecule has 12 nitrogen and oxygen atoms in total. The molecule has 1 amide bonds. The third-order valence-corrected chi connectivity index (χ3v) is 9.75. The molecule has 0 radical (unpaired) electrons. The molecule has 2 aliphatic heterocycles. The van der Waals surface area contributed by atoms with Gasteiger partial charge in [-0.05, 0) is 70.4 Å². The van der Waals surface area contributed by atoms with Gasteiger partial charge in [0.2, 0.25) is 11.8 Å². The van der Waals surface area contributed by atoms with Crippen LogP contribution in [0.1, 0.15) is 54.4 Å². The van der Waals surface area contributed by atoms with Crippen LogP contribution in [0.15, 0.2) is 65.8 Å². The normalized spacial score (nSPS) is 19.1. The van der Waals surface area contributed by atoms with Gasteiger partial charge in [-0.3, -0.25) is 9.78 Å². The van der Waals surface area contributed by atoms with Crippen molar-refractivity contribution in [2.45, 2.75) is 70.7 Å². The van der Waals surface area contributed by atoms with Gasteiger partial charge < -0.3 is 19.3 Å². The number of carbonyl (C=O) groups excluding carboxylic acids is 1. The topological polar surface area (TPSA) is 140 Å². The first-order valence-corrected chi connectivity index (χ1v) is 17.2. The molecule has 4 aromatic rings. The van der Waals surface area contributed by atoms with Gasteiger partial charge in [-0.15, -0.1) is 0 Å². The van der Waals surface area contributed by atoms with Crippen LogP contribution in [0.4, 0.5) is 11.8 Å². The molecule has 2 aromatic heterocycles. The van der Waals surface area contributed by atoms with E-state index < -0.39 is 22.0 Å². The molecule has 1 saturated heterocycles. The van der Waals surface area contributed by atoms with Gasteiger partial charge in [0.15, 0.2) is 0 Å². The zero-order valence-electron chi connectivity index (χ0n) is 27.2. The molecule has 2 aliphatic rings. The van der Waals surface area contributed by atoms with Crippen molar-refractivity contribution in [3.8, 4) is 17.1 Å². The van der Waals surface area contributed by atoms with Gasteiger partial charge in [-0.1, -0.05) is 24.3 Å². The highest BCUT2D eigenvalue weighted by molar-refractivity contribution is 7.92. The van der Waals surface area contributed by atoms with E-state index in [1.54, 1.807) is 35.5 Å². The molecule has 0 unspecified atom stereocenters. The Bertz CT molecular complexity index is 1880. The van der Waals surface area contributed by atoms with Crippen LogP contribution in [0.25, 0.3) is 11.3 Å². The van der Waals surface area contributed by atoms with Gasteiger partial charge >= 0.3 is 0 Å². The lowest BCUT2D eigenvalue weighted by atomic mass is 10.00. The Morgan fingerprint density at radius 1 is 1.04 bits per heavy atom. The van der Waals surface area contributed by atoms with Crippen molar-refractivity contribution in [2.24, 2.45) is 0 Å². The minimum Gasteiger partial charge on any atom is -0.475 e. The summed E-state index contributed by atoms with van der Waals surface area (Å²) in [5.41, 5.74) is 4.04. The van der Waals surface area contributed by atoms with E-state index in [-0.39, 0.29) is 48.1 Å². The summed E-state index contributed by atoms with van der Waals surface area (Å²) in [5, 5.41) is 0. The van der Waals surface area contributed by atoms with E-state index in [9.17, 15) is 13.2 Å². The summed E-state index contributed by atoms with van der Waals surface area (Å²) in [6, 6.07) is 13.2. The number of hydrogen-bond acceptors (Lipinski definition) is 10. The largest absolute Gasteiger partial charge is 0.475 e. The molecule has 47 heavy (non-hydrogen) atoms. The first kappa shape index (κ1) is 32.3. The van der Waals surface area contributed by atoms with Crippen molar-refractivity contribution < 1.29 is 22.7 Å². The van der Waals surface area contributed by atoms with E-state index in [1.165, 1.54) is 12.1 Å². The standard InChI is InChI=1S/C34H39N7O5S/c1-21(2)45-19-27-20-46-31-15-29(32-22(3)8-6-9-23(32)4)37-34(38-31)39-47(43,44)28-11-7-10-25(14-28)33(42)41(27)18-26-16-35-17-30(36-26)40-13-12-24(40)5/h6-11,14-17,21,24,27H,12-13,18-20H2,1-5H3,(H,37,38,39)/t24-,27-/m1/s1. The van der Waals surface area contributed by atoms with E-state index in [0.717, 1.165) is 35.5 Å². The van der Waals surface area contributed by atoms with E-state index >= 15 is 0 Å². The molecular formula is C34H39N7O5S. The fraction of sp³-hybridized carbons (Fsp3) is 0.382. The van der Waals surface area contributed by atoms with E-state index in [2.05, 4.69) is 31.5 Å². The van der Waals surface area contributed by atoms with Crippen LogP contribution in [0.5, 0.6) is 5.88 Å². The summed E-state index contributed by atoms with van der Waals surface area (Å²) in [4.78, 5) is 36.3. The third-order valence-electron chi connectivity index (χ3n) is 8.42. The maximum absolute atomic E-state index is 14.3. The molecule has 13 heteroatoms. The smallest absolute Gasteiger partial charge is 0.264 e. The molecule has 4 heterocycles. The van der Waals surface area contributed by atoms with Gasteiger partial charge in [0.05, 0.1) is 54.0 Å². The fourth-order valence-electron chi connectivity index (χ4n) is 5.75. The minimum absolute atomic E-state index is 0.00380. The highest BCUT2D eigenvalue weighted by Crippen LogP contribution is 2.30. The number of anilines is 2. The number of ether oxygens (including phenoxy) is 2. The Morgan fingerprint density at radius 3 is 2.51 bits per heavy atom. The quantitative estimate of drug-likeness (QED) is 0.295. The second-order valence-corrected chi connectivity index (χ2v) is 14.0. The average Bonchev–Trinajstić information content (AvgIpc) is 3.02. The Labute approximate surface area is 275 Å². The Morgan fingerprint density at radius 2 is 1.81 bits per heavy atom. The minimum atomic E-state index is -4.18. The number of aromatic nitrogens is 4. The van der Waals surface area contributed by atoms with E-state index in [1.807, 2.05) is 45.9 Å². The van der Waals surface area contributed by atoms with Crippen molar-refractivity contribution in [3.63, 3.8) is 0 Å². The molecule has 0 spiro atoms. The number of fused-ring (bicyclic) bond motifs is 4. The molecule has 246 valence electrons. The first-order valence-electron chi connectivity index (χ1n) is 15.7. The molecule has 1 N–H and O–H groups in total. The summed E-state index contributed by atoms with van der Waals surface area (Å²) in [6.07, 6.45) is 4.32. The second kappa shape index (κ2) is 13.2. The lowest BCUT2D eigenvalue weighted by molar-refractivity contribution is 0.00629. The number of amides is 1. The summed E-state index contributed by atoms with van der Waals surface area (Å²) < 4.78 is 42.1. The van der Waals surface area contributed by atoms with Crippen molar-refractivity contribution in [3.05, 3.63) is 83.3 Å². The maximum Gasteiger partial charge on any atom is 0.264 e. The summed E-state index contributed by atoms with van der Waals surface area (Å²) in [6.45, 7) is 11.0. The molecule has 4 bridgehead atoms. The van der Waals surface area contributed by atoms with E-state index in [0.29, 0.717) is 17.4 Å². The van der Waals surface area contributed by atoms with Crippen LogP contribution in [0.3, 0.4) is 0 Å². The monoisotopic (exact) mass is 657 g/mol. The Hall–Kier alpha value is -4.62. The lowest BCUT2D eigenvalue weighted by Gasteiger charge is -2.39. The molecule has 6 rings (SSSR count). The number of nitrogens with zero attached hydrogens (tertiary/aromatic N) is 6. The summed E-state index contributed by atoms with van der Waals surface area (Å²) >= 11 is 0. The number of hydrogen-bond donors (Lipinski definition) is 1. The maximum atomic E-state index is 14.3. The number of nitrogens with one attached hydrogen (secondary N) is 1. The van der Waals surface area contributed by atoms with Crippen LogP contribution >= 0.6 is 0 Å². The van der Waals surface area contributed by atoms with Crippen LogP contribution in [-0.4, -0.2) is 77.1 Å². The van der Waals surface area contributed by atoms with Gasteiger partial charge in [-0.2, -0.15) is 4.98 Å². The van der Waals surface area contributed by atoms with Gasteiger partial charge in [0.25, 0.3) is 15.9 Å². The molecular weight excluding hydrogens is 618 g/mol.